The summed E-state index contributed by atoms with van der Waals surface area (Å²) in [6.07, 6.45) is 1.69. The maximum Gasteiger partial charge on any atom is 0.258 e. The van der Waals surface area contributed by atoms with Crippen molar-refractivity contribution in [1.29, 1.82) is 0 Å². The summed E-state index contributed by atoms with van der Waals surface area (Å²) in [4.78, 5) is 27.5. The molecule has 2 amide bonds. The van der Waals surface area contributed by atoms with Crippen LogP contribution in [-0.2, 0) is 0 Å². The van der Waals surface area contributed by atoms with Crippen LogP contribution in [0.5, 0.6) is 11.5 Å². The molecule has 3 atom stereocenters. The molecule has 2 aliphatic rings. The minimum Gasteiger partial charge on any atom is -0.493 e. The fourth-order valence-corrected chi connectivity index (χ4v) is 4.43. The zero-order chi connectivity index (χ0) is 19.7. The maximum atomic E-state index is 13.1. The molecular weight excluding hydrogens is 356 g/mol. The lowest BCUT2D eigenvalue weighted by atomic mass is 10.0. The van der Waals surface area contributed by atoms with E-state index < -0.39 is 0 Å². The predicted molar refractivity (Wildman–Crippen MR) is 105 cm³/mol. The number of methoxy groups -OCH3 is 2. The number of carbonyl (C=O) groups is 2. The molecule has 0 aromatic heterocycles. The van der Waals surface area contributed by atoms with Crippen molar-refractivity contribution in [2.75, 3.05) is 20.8 Å². The molecule has 1 saturated heterocycles. The molecule has 2 aromatic rings. The molecule has 6 heteroatoms. The second kappa shape index (κ2) is 7.54. The Labute approximate surface area is 164 Å². The van der Waals surface area contributed by atoms with Crippen molar-refractivity contribution in [3.8, 4) is 11.5 Å². The van der Waals surface area contributed by atoms with Crippen molar-refractivity contribution in [1.82, 2.24) is 10.2 Å². The van der Waals surface area contributed by atoms with Crippen LogP contribution >= 0.6 is 0 Å². The Balaban J connectivity index is 1.45. The van der Waals surface area contributed by atoms with Gasteiger partial charge in [-0.05, 0) is 43.0 Å². The van der Waals surface area contributed by atoms with Gasteiger partial charge in [0.05, 0.1) is 19.8 Å². The fourth-order valence-electron chi connectivity index (χ4n) is 4.43. The molecule has 2 bridgehead atoms. The van der Waals surface area contributed by atoms with Gasteiger partial charge in [-0.15, -0.1) is 0 Å². The first-order valence-corrected chi connectivity index (χ1v) is 9.50. The first-order valence-electron chi connectivity index (χ1n) is 9.50. The highest BCUT2D eigenvalue weighted by Crippen LogP contribution is 2.40. The van der Waals surface area contributed by atoms with E-state index in [4.69, 9.17) is 9.47 Å². The summed E-state index contributed by atoms with van der Waals surface area (Å²) < 4.78 is 10.7. The second-order valence-corrected chi connectivity index (χ2v) is 7.33. The normalized spacial score (nSPS) is 22.8. The van der Waals surface area contributed by atoms with Crippen LogP contribution in [0.25, 0.3) is 0 Å². The molecule has 1 N–H and O–H groups in total. The van der Waals surface area contributed by atoms with Crippen LogP contribution in [0.2, 0.25) is 0 Å². The Morgan fingerprint density at radius 1 is 1.00 bits per heavy atom. The highest BCUT2D eigenvalue weighted by Gasteiger charge is 2.47. The molecule has 28 heavy (non-hydrogen) atoms. The number of amides is 2. The van der Waals surface area contributed by atoms with Crippen LogP contribution < -0.4 is 14.8 Å². The molecule has 1 aliphatic heterocycles. The SMILES string of the molecule is COc1cccc(C(=O)N2CC3CC2CC3NC(=O)c2ccccc2)c1OC. The van der Waals surface area contributed by atoms with E-state index in [0.29, 0.717) is 29.2 Å². The Kier molecular flexibility index (Phi) is 4.94. The Hall–Kier alpha value is -3.02. The van der Waals surface area contributed by atoms with Crippen LogP contribution in [0, 0.1) is 5.92 Å². The van der Waals surface area contributed by atoms with Crippen molar-refractivity contribution in [2.45, 2.75) is 24.9 Å². The number of piperidine rings is 1. The third-order valence-corrected chi connectivity index (χ3v) is 5.79. The number of para-hydroxylation sites is 1. The van der Waals surface area contributed by atoms with Crippen LogP contribution in [0.1, 0.15) is 33.6 Å². The highest BCUT2D eigenvalue weighted by molar-refractivity contribution is 5.98. The number of rotatable bonds is 5. The number of benzene rings is 2. The summed E-state index contributed by atoms with van der Waals surface area (Å²) in [7, 11) is 3.10. The molecule has 6 nitrogen and oxygen atoms in total. The fraction of sp³-hybridized carbons (Fsp3) is 0.364. The van der Waals surface area contributed by atoms with Crippen LogP contribution in [0.4, 0.5) is 0 Å². The summed E-state index contributed by atoms with van der Waals surface area (Å²) in [6, 6.07) is 14.8. The second-order valence-electron chi connectivity index (χ2n) is 7.33. The zero-order valence-electron chi connectivity index (χ0n) is 16.1. The van der Waals surface area contributed by atoms with E-state index in [9.17, 15) is 9.59 Å². The van der Waals surface area contributed by atoms with Crippen LogP contribution in [0.3, 0.4) is 0 Å². The molecule has 2 aromatic carbocycles. The summed E-state index contributed by atoms with van der Waals surface area (Å²) in [6.45, 7) is 0.642. The molecule has 146 valence electrons. The molecule has 1 heterocycles. The third kappa shape index (κ3) is 3.19. The lowest BCUT2D eigenvalue weighted by Crippen LogP contribution is -2.47. The number of nitrogens with one attached hydrogen (secondary N) is 1. The Bertz CT molecular complexity index is 883. The van der Waals surface area contributed by atoms with Gasteiger partial charge < -0.3 is 19.7 Å². The molecule has 3 unspecified atom stereocenters. The average molecular weight is 380 g/mol. The summed E-state index contributed by atoms with van der Waals surface area (Å²) in [5.41, 5.74) is 1.18. The van der Waals surface area contributed by atoms with Gasteiger partial charge in [0, 0.05) is 24.2 Å². The zero-order valence-corrected chi connectivity index (χ0v) is 16.1. The van der Waals surface area contributed by atoms with Crippen molar-refractivity contribution in [3.05, 3.63) is 59.7 Å². The third-order valence-electron chi connectivity index (χ3n) is 5.79. The van der Waals surface area contributed by atoms with E-state index in [2.05, 4.69) is 5.32 Å². The molecule has 2 fully saturated rings. The summed E-state index contributed by atoms with van der Waals surface area (Å²) >= 11 is 0. The number of likely N-dealkylation sites (tertiary alicyclic amines) is 1. The van der Waals surface area contributed by atoms with E-state index in [-0.39, 0.29) is 29.8 Å². The first kappa shape index (κ1) is 18.3. The number of fused-ring (bicyclic) bond motifs is 2. The molecule has 1 aliphatic carbocycles. The van der Waals surface area contributed by atoms with Gasteiger partial charge in [0.25, 0.3) is 11.8 Å². The van der Waals surface area contributed by atoms with E-state index in [1.165, 1.54) is 0 Å². The highest BCUT2D eigenvalue weighted by atomic mass is 16.5. The van der Waals surface area contributed by atoms with E-state index in [0.717, 1.165) is 12.8 Å². The van der Waals surface area contributed by atoms with E-state index in [1.54, 1.807) is 32.4 Å². The van der Waals surface area contributed by atoms with Crippen LogP contribution in [0.15, 0.2) is 48.5 Å². The van der Waals surface area contributed by atoms with Crippen LogP contribution in [-0.4, -0.2) is 49.6 Å². The lowest BCUT2D eigenvalue weighted by molar-refractivity contribution is 0.0676. The van der Waals surface area contributed by atoms with Gasteiger partial charge >= 0.3 is 0 Å². The van der Waals surface area contributed by atoms with Gasteiger partial charge in [-0.25, -0.2) is 0 Å². The van der Waals surface area contributed by atoms with E-state index >= 15 is 0 Å². The Morgan fingerprint density at radius 2 is 1.79 bits per heavy atom. The number of ether oxygens (including phenoxy) is 2. The van der Waals surface area contributed by atoms with Crippen molar-refractivity contribution in [3.63, 3.8) is 0 Å². The summed E-state index contributed by atoms with van der Waals surface area (Å²) in [5.74, 6) is 1.19. The molecular formula is C22H24N2O4. The number of carbonyl (C=O) groups excluding carboxylic acids is 2. The standard InChI is InChI=1S/C22H24N2O4/c1-27-19-10-6-9-17(20(19)28-2)22(26)24-13-15-11-16(24)12-18(15)23-21(25)14-7-4-3-5-8-14/h3-10,15-16,18H,11-13H2,1-2H3,(H,23,25). The molecule has 4 rings (SSSR count). The largest absolute Gasteiger partial charge is 0.493 e. The average Bonchev–Trinajstić information content (AvgIpc) is 3.33. The van der Waals surface area contributed by atoms with Gasteiger partial charge in [-0.3, -0.25) is 9.59 Å². The van der Waals surface area contributed by atoms with Gasteiger partial charge in [-0.2, -0.15) is 0 Å². The smallest absolute Gasteiger partial charge is 0.258 e. The molecule has 0 radical (unpaired) electrons. The summed E-state index contributed by atoms with van der Waals surface area (Å²) in [5, 5.41) is 3.15. The topological polar surface area (TPSA) is 67.9 Å². The van der Waals surface area contributed by atoms with Gasteiger partial charge in [0.2, 0.25) is 0 Å². The molecule has 0 spiro atoms. The first-order chi connectivity index (χ1) is 13.6. The Morgan fingerprint density at radius 3 is 2.43 bits per heavy atom. The number of hydrogen-bond donors (Lipinski definition) is 1. The number of nitrogens with zero attached hydrogens (tertiary/aromatic N) is 1. The van der Waals surface area contributed by atoms with Crippen molar-refractivity contribution >= 4 is 11.8 Å². The molecule has 1 saturated carbocycles. The minimum atomic E-state index is -0.0505. The van der Waals surface area contributed by atoms with Crippen molar-refractivity contribution in [2.24, 2.45) is 5.92 Å². The number of hydrogen-bond acceptors (Lipinski definition) is 4. The van der Waals surface area contributed by atoms with Gasteiger partial charge in [-0.1, -0.05) is 24.3 Å². The van der Waals surface area contributed by atoms with Gasteiger partial charge in [0.1, 0.15) is 0 Å². The minimum absolute atomic E-state index is 0.0453. The maximum absolute atomic E-state index is 13.1. The monoisotopic (exact) mass is 380 g/mol. The van der Waals surface area contributed by atoms with Crippen molar-refractivity contribution < 1.29 is 19.1 Å². The van der Waals surface area contributed by atoms with Gasteiger partial charge in [0.15, 0.2) is 11.5 Å². The van der Waals surface area contributed by atoms with E-state index in [1.807, 2.05) is 35.2 Å². The lowest BCUT2D eigenvalue weighted by Gasteiger charge is -2.32. The quantitative estimate of drug-likeness (QED) is 0.866. The predicted octanol–water partition coefficient (Wildman–Crippen LogP) is 2.74.